The van der Waals surface area contributed by atoms with Crippen LogP contribution in [0.15, 0.2) is 23.7 Å². The van der Waals surface area contributed by atoms with Crippen molar-refractivity contribution < 1.29 is 5.11 Å². The third-order valence-corrected chi connectivity index (χ3v) is 3.85. The fraction of sp³-hybridized carbons (Fsp3) is 0.583. The number of rotatable bonds is 2. The Morgan fingerprint density at radius 1 is 1.60 bits per heavy atom. The molecule has 0 aliphatic heterocycles. The number of aromatic nitrogens is 1. The first-order valence-corrected chi connectivity index (χ1v) is 6.27. The van der Waals surface area contributed by atoms with E-state index in [4.69, 9.17) is 0 Å². The van der Waals surface area contributed by atoms with E-state index in [0.29, 0.717) is 11.8 Å². The van der Waals surface area contributed by atoms with Crippen LogP contribution in [0.3, 0.4) is 0 Å². The summed E-state index contributed by atoms with van der Waals surface area (Å²) < 4.78 is 4.04. The molecule has 2 nitrogen and oxygen atoms in total. The Morgan fingerprint density at radius 2 is 2.40 bits per heavy atom. The summed E-state index contributed by atoms with van der Waals surface area (Å²) in [7, 11) is 0. The van der Waals surface area contributed by atoms with Gasteiger partial charge in [-0.05, 0) is 36.2 Å². The fourth-order valence-electron chi connectivity index (χ4n) is 2.06. The second-order valence-corrected chi connectivity index (χ2v) is 5.30. The highest BCUT2D eigenvalue weighted by atomic mass is 32.1. The molecule has 0 spiro atoms. The highest BCUT2D eigenvalue weighted by molar-refractivity contribution is 7.03. The van der Waals surface area contributed by atoms with Crippen molar-refractivity contribution >= 4 is 11.5 Å². The predicted molar refractivity (Wildman–Crippen MR) is 62.7 cm³/mol. The van der Waals surface area contributed by atoms with E-state index >= 15 is 0 Å². The Labute approximate surface area is 94.8 Å². The molecule has 3 heteroatoms. The Morgan fingerprint density at radius 3 is 2.87 bits per heavy atom. The topological polar surface area (TPSA) is 33.1 Å². The largest absolute Gasteiger partial charge is 0.381 e. The molecular weight excluding hydrogens is 206 g/mol. The lowest BCUT2D eigenvalue weighted by atomic mass is 9.78. The van der Waals surface area contributed by atoms with Gasteiger partial charge in [-0.1, -0.05) is 26.0 Å². The molecule has 1 aliphatic carbocycles. The lowest BCUT2D eigenvalue weighted by molar-refractivity contribution is 0.0633. The fourth-order valence-corrected chi connectivity index (χ4v) is 2.68. The SMILES string of the molecule is CC(C)C1C=CC(O)(c2cnsc2)CC1. The first-order valence-electron chi connectivity index (χ1n) is 5.43. The van der Waals surface area contributed by atoms with Crippen molar-refractivity contribution in [3.05, 3.63) is 29.3 Å². The number of allylic oxidation sites excluding steroid dienone is 1. The van der Waals surface area contributed by atoms with Gasteiger partial charge in [0.2, 0.25) is 0 Å². The van der Waals surface area contributed by atoms with Crippen molar-refractivity contribution in [2.75, 3.05) is 0 Å². The third-order valence-electron chi connectivity index (χ3n) is 3.27. The number of nitrogens with zero attached hydrogens (tertiary/aromatic N) is 1. The normalized spacial score (nSPS) is 31.1. The molecule has 2 unspecified atom stereocenters. The molecule has 0 saturated heterocycles. The van der Waals surface area contributed by atoms with Gasteiger partial charge in [-0.25, -0.2) is 4.37 Å². The van der Waals surface area contributed by atoms with Crippen molar-refractivity contribution in [1.82, 2.24) is 4.37 Å². The molecule has 0 radical (unpaired) electrons. The van der Waals surface area contributed by atoms with Crippen LogP contribution in [0.25, 0.3) is 0 Å². The maximum Gasteiger partial charge on any atom is 0.110 e. The quantitative estimate of drug-likeness (QED) is 0.782. The standard InChI is InChI=1S/C12H17NOS/c1-9(2)10-3-5-12(14,6-4-10)11-7-13-15-8-11/h3,5,7-10,14H,4,6H2,1-2H3. The van der Waals surface area contributed by atoms with Gasteiger partial charge in [-0.15, -0.1) is 0 Å². The van der Waals surface area contributed by atoms with Crippen molar-refractivity contribution in [1.29, 1.82) is 0 Å². The first-order chi connectivity index (χ1) is 7.12. The zero-order valence-electron chi connectivity index (χ0n) is 9.18. The molecule has 1 N–H and O–H groups in total. The number of aliphatic hydroxyl groups is 1. The van der Waals surface area contributed by atoms with E-state index in [1.807, 2.05) is 11.5 Å². The summed E-state index contributed by atoms with van der Waals surface area (Å²) in [4.78, 5) is 0. The zero-order chi connectivity index (χ0) is 10.9. The Bertz CT molecular complexity index is 345. The number of hydrogen-bond acceptors (Lipinski definition) is 3. The van der Waals surface area contributed by atoms with Crippen molar-refractivity contribution in [2.24, 2.45) is 11.8 Å². The predicted octanol–water partition coefficient (Wildman–Crippen LogP) is 2.95. The highest BCUT2D eigenvalue weighted by Crippen LogP contribution is 2.36. The molecular formula is C12H17NOS. The smallest absolute Gasteiger partial charge is 0.110 e. The van der Waals surface area contributed by atoms with Gasteiger partial charge in [0.25, 0.3) is 0 Å². The first kappa shape index (κ1) is 10.8. The summed E-state index contributed by atoms with van der Waals surface area (Å²) in [6.07, 6.45) is 7.74. The Balaban J connectivity index is 2.17. The molecule has 2 rings (SSSR count). The highest BCUT2D eigenvalue weighted by Gasteiger charge is 2.31. The van der Waals surface area contributed by atoms with E-state index in [2.05, 4.69) is 24.3 Å². The summed E-state index contributed by atoms with van der Waals surface area (Å²) in [6, 6.07) is 0. The van der Waals surface area contributed by atoms with Crippen LogP contribution in [-0.2, 0) is 5.60 Å². The Kier molecular flexibility index (Phi) is 2.94. The van der Waals surface area contributed by atoms with E-state index in [-0.39, 0.29) is 0 Å². The zero-order valence-corrected chi connectivity index (χ0v) is 10.00. The molecule has 0 amide bonds. The molecule has 0 saturated carbocycles. The molecule has 1 heterocycles. The molecule has 0 fully saturated rings. The van der Waals surface area contributed by atoms with Crippen LogP contribution in [0.1, 0.15) is 32.3 Å². The van der Waals surface area contributed by atoms with Gasteiger partial charge >= 0.3 is 0 Å². The lowest BCUT2D eigenvalue weighted by Gasteiger charge is -2.31. The molecule has 1 aromatic rings. The maximum absolute atomic E-state index is 10.4. The van der Waals surface area contributed by atoms with Gasteiger partial charge in [0.15, 0.2) is 0 Å². The minimum absolute atomic E-state index is 0.608. The van der Waals surface area contributed by atoms with Gasteiger partial charge < -0.3 is 5.11 Å². The van der Waals surface area contributed by atoms with Crippen molar-refractivity contribution in [3.8, 4) is 0 Å². The van der Waals surface area contributed by atoms with Crippen molar-refractivity contribution in [2.45, 2.75) is 32.3 Å². The van der Waals surface area contributed by atoms with Gasteiger partial charge in [0, 0.05) is 17.1 Å². The van der Waals surface area contributed by atoms with Gasteiger partial charge in [-0.3, -0.25) is 0 Å². The minimum Gasteiger partial charge on any atom is -0.381 e. The molecule has 0 aromatic carbocycles. The Hall–Kier alpha value is -0.670. The molecule has 1 aromatic heterocycles. The van der Waals surface area contributed by atoms with Gasteiger partial charge in [0.05, 0.1) is 0 Å². The van der Waals surface area contributed by atoms with Crippen molar-refractivity contribution in [3.63, 3.8) is 0 Å². The maximum atomic E-state index is 10.4. The van der Waals surface area contributed by atoms with Crippen LogP contribution in [0, 0.1) is 11.8 Å². The molecule has 0 bridgehead atoms. The average molecular weight is 223 g/mol. The molecule has 1 aliphatic rings. The summed E-state index contributed by atoms with van der Waals surface area (Å²) in [5.41, 5.74) is 0.171. The van der Waals surface area contributed by atoms with Crippen LogP contribution in [0.4, 0.5) is 0 Å². The summed E-state index contributed by atoms with van der Waals surface area (Å²) in [6.45, 7) is 4.46. The molecule has 15 heavy (non-hydrogen) atoms. The molecule has 2 atom stereocenters. The monoisotopic (exact) mass is 223 g/mol. The van der Waals surface area contributed by atoms with Crippen LogP contribution in [-0.4, -0.2) is 9.48 Å². The van der Waals surface area contributed by atoms with E-state index in [0.717, 1.165) is 18.4 Å². The average Bonchev–Trinajstić information content (AvgIpc) is 2.71. The van der Waals surface area contributed by atoms with Crippen LogP contribution >= 0.6 is 11.5 Å². The number of hydrogen-bond donors (Lipinski definition) is 1. The van der Waals surface area contributed by atoms with E-state index in [9.17, 15) is 5.11 Å². The lowest BCUT2D eigenvalue weighted by Crippen LogP contribution is -2.28. The van der Waals surface area contributed by atoms with E-state index in [1.54, 1.807) is 6.20 Å². The summed E-state index contributed by atoms with van der Waals surface area (Å²) >= 11 is 1.39. The second kappa shape index (κ2) is 4.06. The second-order valence-electron chi connectivity index (χ2n) is 4.64. The van der Waals surface area contributed by atoms with Gasteiger partial charge in [-0.2, -0.15) is 0 Å². The minimum atomic E-state index is -0.765. The van der Waals surface area contributed by atoms with E-state index < -0.39 is 5.60 Å². The summed E-state index contributed by atoms with van der Waals surface area (Å²) in [5, 5.41) is 12.3. The van der Waals surface area contributed by atoms with E-state index in [1.165, 1.54) is 11.5 Å². The van der Waals surface area contributed by atoms with Crippen LogP contribution in [0.5, 0.6) is 0 Å². The van der Waals surface area contributed by atoms with Crippen LogP contribution < -0.4 is 0 Å². The van der Waals surface area contributed by atoms with Crippen LogP contribution in [0.2, 0.25) is 0 Å². The summed E-state index contributed by atoms with van der Waals surface area (Å²) in [5.74, 6) is 1.27. The third kappa shape index (κ3) is 2.13. The molecule has 82 valence electrons. The van der Waals surface area contributed by atoms with Gasteiger partial charge in [0.1, 0.15) is 5.60 Å².